The molecule has 0 saturated heterocycles. The Bertz CT molecular complexity index is 784. The van der Waals surface area contributed by atoms with Gasteiger partial charge in [-0.3, -0.25) is 4.79 Å². The molecule has 3 nitrogen and oxygen atoms in total. The summed E-state index contributed by atoms with van der Waals surface area (Å²) in [4.78, 5) is 13.6. The molecule has 0 spiro atoms. The molecule has 2 aromatic rings. The smallest absolute Gasteiger partial charge is 0.251 e. The number of hydrogen-bond acceptors (Lipinski definition) is 3. The van der Waals surface area contributed by atoms with Gasteiger partial charge in [-0.1, -0.05) is 6.07 Å². The number of carbonyl (C=O) groups is 1. The van der Waals surface area contributed by atoms with Gasteiger partial charge in [0.1, 0.15) is 5.82 Å². The van der Waals surface area contributed by atoms with Gasteiger partial charge in [0.25, 0.3) is 5.91 Å². The number of benzene rings is 2. The van der Waals surface area contributed by atoms with Crippen LogP contribution in [-0.4, -0.2) is 11.7 Å². The molecule has 126 valence electrons. The first-order valence-corrected chi connectivity index (χ1v) is 8.75. The number of thioether (sulfide) groups is 1. The fourth-order valence-electron chi connectivity index (χ4n) is 3.19. The van der Waals surface area contributed by atoms with E-state index in [2.05, 4.69) is 10.6 Å². The van der Waals surface area contributed by atoms with Crippen LogP contribution in [0, 0.1) is 5.82 Å². The standard InChI is InChI=1S/C18H17FN2OS.ClH/c19-14-3-4-17-15(8-14)16(5-6-23-17)21-18(22)11-1-2-12-9-20-10-13(12)7-11;/h1-4,7-8,16,20H,5-6,9-10H2,(H,21,22);1H. The maximum Gasteiger partial charge on any atom is 0.251 e. The maximum absolute atomic E-state index is 13.5. The highest BCUT2D eigenvalue weighted by molar-refractivity contribution is 7.99. The van der Waals surface area contributed by atoms with E-state index in [4.69, 9.17) is 0 Å². The number of amides is 1. The summed E-state index contributed by atoms with van der Waals surface area (Å²) in [7, 11) is 0. The van der Waals surface area contributed by atoms with Crippen LogP contribution in [0.1, 0.15) is 39.5 Å². The second-order valence-electron chi connectivity index (χ2n) is 5.93. The second-order valence-corrected chi connectivity index (χ2v) is 7.07. The number of halogens is 2. The van der Waals surface area contributed by atoms with Crippen LogP contribution in [0.25, 0.3) is 0 Å². The maximum atomic E-state index is 13.5. The zero-order valence-electron chi connectivity index (χ0n) is 13.0. The molecule has 0 fully saturated rings. The molecular formula is C18H18ClFN2OS. The summed E-state index contributed by atoms with van der Waals surface area (Å²) in [5, 5.41) is 6.35. The zero-order chi connectivity index (χ0) is 15.8. The first-order chi connectivity index (χ1) is 11.2. The fraction of sp³-hybridized carbons (Fsp3) is 0.278. The van der Waals surface area contributed by atoms with Gasteiger partial charge in [0, 0.05) is 29.3 Å². The van der Waals surface area contributed by atoms with Crippen molar-refractivity contribution in [2.24, 2.45) is 0 Å². The Balaban J connectivity index is 0.00000169. The summed E-state index contributed by atoms with van der Waals surface area (Å²) in [6, 6.07) is 10.5. The molecule has 4 rings (SSSR count). The fourth-order valence-corrected chi connectivity index (χ4v) is 4.30. The number of rotatable bonds is 2. The van der Waals surface area contributed by atoms with Gasteiger partial charge in [-0.05, 0) is 53.4 Å². The van der Waals surface area contributed by atoms with E-state index in [1.807, 2.05) is 18.2 Å². The zero-order valence-corrected chi connectivity index (χ0v) is 14.6. The van der Waals surface area contributed by atoms with Crippen LogP contribution >= 0.6 is 24.2 Å². The largest absolute Gasteiger partial charge is 0.345 e. The summed E-state index contributed by atoms with van der Waals surface area (Å²) >= 11 is 1.71. The molecule has 2 aromatic carbocycles. The van der Waals surface area contributed by atoms with Crippen LogP contribution in [0.2, 0.25) is 0 Å². The second kappa shape index (κ2) is 7.13. The van der Waals surface area contributed by atoms with Gasteiger partial charge in [-0.2, -0.15) is 0 Å². The molecule has 0 aromatic heterocycles. The van der Waals surface area contributed by atoms with Gasteiger partial charge in [-0.15, -0.1) is 24.2 Å². The lowest BCUT2D eigenvalue weighted by atomic mass is 10.0. The van der Waals surface area contributed by atoms with E-state index in [0.29, 0.717) is 5.56 Å². The van der Waals surface area contributed by atoms with Gasteiger partial charge in [0.05, 0.1) is 6.04 Å². The third kappa shape index (κ3) is 3.29. The van der Waals surface area contributed by atoms with Crippen LogP contribution in [-0.2, 0) is 13.1 Å². The van der Waals surface area contributed by atoms with Gasteiger partial charge in [-0.25, -0.2) is 4.39 Å². The predicted octanol–water partition coefficient (Wildman–Crippen LogP) is 3.82. The van der Waals surface area contributed by atoms with E-state index >= 15 is 0 Å². The minimum atomic E-state index is -0.255. The van der Waals surface area contributed by atoms with E-state index in [-0.39, 0.29) is 30.2 Å². The average Bonchev–Trinajstić information content (AvgIpc) is 3.03. The lowest BCUT2D eigenvalue weighted by Gasteiger charge is -2.26. The Morgan fingerprint density at radius 2 is 2.00 bits per heavy atom. The minimum Gasteiger partial charge on any atom is -0.345 e. The summed E-state index contributed by atoms with van der Waals surface area (Å²) in [5.41, 5.74) is 3.99. The number of carbonyl (C=O) groups excluding carboxylic acids is 1. The molecule has 0 bridgehead atoms. The van der Waals surface area contributed by atoms with Crippen LogP contribution in [0.5, 0.6) is 0 Å². The van der Waals surface area contributed by atoms with Gasteiger partial charge >= 0.3 is 0 Å². The van der Waals surface area contributed by atoms with Crippen molar-refractivity contribution >= 4 is 30.1 Å². The van der Waals surface area contributed by atoms with Crippen molar-refractivity contribution in [1.29, 1.82) is 0 Å². The van der Waals surface area contributed by atoms with Gasteiger partial charge in [0.15, 0.2) is 0 Å². The molecule has 0 saturated carbocycles. The first-order valence-electron chi connectivity index (χ1n) is 7.76. The van der Waals surface area contributed by atoms with Gasteiger partial charge in [0.2, 0.25) is 0 Å². The normalized spacial score (nSPS) is 18.3. The molecule has 0 aliphatic carbocycles. The quantitative estimate of drug-likeness (QED) is 0.851. The summed E-state index contributed by atoms with van der Waals surface area (Å²) < 4.78 is 13.5. The highest BCUT2D eigenvalue weighted by Crippen LogP contribution is 2.36. The molecule has 2 N–H and O–H groups in total. The van der Waals surface area contributed by atoms with Crippen molar-refractivity contribution in [2.45, 2.75) is 30.4 Å². The lowest BCUT2D eigenvalue weighted by molar-refractivity contribution is 0.0935. The highest BCUT2D eigenvalue weighted by atomic mass is 35.5. The number of hydrogen-bond donors (Lipinski definition) is 2. The van der Waals surface area contributed by atoms with Crippen molar-refractivity contribution in [3.8, 4) is 0 Å². The Morgan fingerprint density at radius 1 is 1.17 bits per heavy atom. The SMILES string of the molecule is Cl.O=C(NC1CCSc2ccc(F)cc21)c1ccc2c(c1)CNC2. The van der Waals surface area contributed by atoms with Crippen LogP contribution < -0.4 is 10.6 Å². The Morgan fingerprint density at radius 3 is 2.88 bits per heavy atom. The third-order valence-electron chi connectivity index (χ3n) is 4.42. The first kappa shape index (κ1) is 17.3. The molecule has 2 aliphatic heterocycles. The molecule has 0 radical (unpaired) electrons. The molecule has 2 heterocycles. The van der Waals surface area contributed by atoms with Crippen LogP contribution in [0.15, 0.2) is 41.3 Å². The monoisotopic (exact) mass is 364 g/mol. The Labute approximate surface area is 150 Å². The minimum absolute atomic E-state index is 0. The number of nitrogens with one attached hydrogen (secondary N) is 2. The van der Waals surface area contributed by atoms with Crippen molar-refractivity contribution < 1.29 is 9.18 Å². The Hall–Kier alpha value is -1.56. The van der Waals surface area contributed by atoms with Crippen LogP contribution in [0.4, 0.5) is 4.39 Å². The van der Waals surface area contributed by atoms with Crippen molar-refractivity contribution in [3.05, 3.63) is 64.5 Å². The summed E-state index contributed by atoms with van der Waals surface area (Å²) in [6.07, 6.45) is 0.819. The molecule has 2 aliphatic rings. The topological polar surface area (TPSA) is 41.1 Å². The summed E-state index contributed by atoms with van der Waals surface area (Å²) in [5.74, 6) is 0.582. The van der Waals surface area contributed by atoms with E-state index < -0.39 is 0 Å². The van der Waals surface area contributed by atoms with E-state index in [1.165, 1.54) is 17.2 Å². The van der Waals surface area contributed by atoms with Gasteiger partial charge < -0.3 is 10.6 Å². The van der Waals surface area contributed by atoms with Crippen molar-refractivity contribution in [3.63, 3.8) is 0 Å². The Kier molecular flexibility index (Phi) is 5.13. The summed E-state index contributed by atoms with van der Waals surface area (Å²) in [6.45, 7) is 1.67. The molecule has 1 unspecified atom stereocenters. The third-order valence-corrected chi connectivity index (χ3v) is 5.54. The average molecular weight is 365 g/mol. The molecule has 24 heavy (non-hydrogen) atoms. The molecule has 1 amide bonds. The van der Waals surface area contributed by atoms with E-state index in [0.717, 1.165) is 35.7 Å². The van der Waals surface area contributed by atoms with Crippen molar-refractivity contribution in [2.75, 3.05) is 5.75 Å². The predicted molar refractivity (Wildman–Crippen MR) is 96.2 cm³/mol. The van der Waals surface area contributed by atoms with Crippen LogP contribution in [0.3, 0.4) is 0 Å². The molecule has 6 heteroatoms. The lowest BCUT2D eigenvalue weighted by Crippen LogP contribution is -2.30. The molecular weight excluding hydrogens is 347 g/mol. The number of fused-ring (bicyclic) bond motifs is 2. The molecule has 1 atom stereocenters. The van der Waals surface area contributed by atoms with Crippen molar-refractivity contribution in [1.82, 2.24) is 10.6 Å². The van der Waals surface area contributed by atoms with E-state index in [9.17, 15) is 9.18 Å². The van der Waals surface area contributed by atoms with E-state index in [1.54, 1.807) is 23.9 Å². The highest BCUT2D eigenvalue weighted by Gasteiger charge is 2.24.